The number of nitrogens with zero attached hydrogens (tertiary/aromatic N) is 2. The summed E-state index contributed by atoms with van der Waals surface area (Å²) in [5, 5.41) is 7.72. The summed E-state index contributed by atoms with van der Waals surface area (Å²) in [6.45, 7) is 2.02. The van der Waals surface area contributed by atoms with Gasteiger partial charge in [-0.15, -0.1) is 0 Å². The van der Waals surface area contributed by atoms with E-state index in [2.05, 4.69) is 10.4 Å². The topological polar surface area (TPSA) is 64.0 Å². The molecule has 1 N–H and O–H groups in total. The van der Waals surface area contributed by atoms with Gasteiger partial charge in [0.25, 0.3) is 5.91 Å². The van der Waals surface area contributed by atoms with E-state index in [1.54, 1.807) is 16.8 Å². The van der Waals surface area contributed by atoms with Crippen LogP contribution in [0.25, 0.3) is 16.6 Å². The molecule has 5 nitrogen and oxygen atoms in total. The molecule has 0 unspecified atom stereocenters. The maximum absolute atomic E-state index is 13.0. The van der Waals surface area contributed by atoms with Crippen molar-refractivity contribution in [2.75, 3.05) is 5.32 Å². The Balaban J connectivity index is 1.86. The van der Waals surface area contributed by atoms with Crippen molar-refractivity contribution in [1.29, 1.82) is 0 Å². The lowest BCUT2D eigenvalue weighted by Crippen LogP contribution is -2.27. The molecule has 28 heavy (non-hydrogen) atoms. The molecule has 1 amide bonds. The molecule has 5 heteroatoms. The third-order valence-electron chi connectivity index (χ3n) is 4.65. The minimum absolute atomic E-state index is 0.131. The van der Waals surface area contributed by atoms with Crippen LogP contribution in [0.3, 0.4) is 0 Å². The number of hydrogen-bond donors (Lipinski definition) is 1. The Morgan fingerprint density at radius 2 is 1.61 bits per heavy atom. The summed E-state index contributed by atoms with van der Waals surface area (Å²) in [4.78, 5) is 25.9. The fourth-order valence-electron chi connectivity index (χ4n) is 3.22. The van der Waals surface area contributed by atoms with E-state index in [0.717, 1.165) is 17.7 Å². The number of aryl methyl sites for hydroxylation is 1. The Morgan fingerprint density at radius 3 is 2.39 bits per heavy atom. The first-order valence-corrected chi connectivity index (χ1v) is 9.16. The van der Waals surface area contributed by atoms with Crippen LogP contribution in [-0.2, 0) is 6.42 Å². The summed E-state index contributed by atoms with van der Waals surface area (Å²) in [6, 6.07) is 24.2. The average molecular weight is 369 g/mol. The summed E-state index contributed by atoms with van der Waals surface area (Å²) in [7, 11) is 0. The number of rotatable bonds is 4. The predicted molar refractivity (Wildman–Crippen MR) is 111 cm³/mol. The second-order valence-electron chi connectivity index (χ2n) is 6.41. The molecular weight excluding hydrogens is 350 g/mol. The Morgan fingerprint density at radius 1 is 0.929 bits per heavy atom. The number of carbonyl (C=O) groups excluding carboxylic acids is 1. The van der Waals surface area contributed by atoms with Crippen molar-refractivity contribution in [3.05, 3.63) is 100 Å². The van der Waals surface area contributed by atoms with Crippen LogP contribution in [0.5, 0.6) is 0 Å². The van der Waals surface area contributed by atoms with Gasteiger partial charge < -0.3 is 5.32 Å². The fourth-order valence-corrected chi connectivity index (χ4v) is 3.22. The van der Waals surface area contributed by atoms with Crippen LogP contribution >= 0.6 is 0 Å². The monoisotopic (exact) mass is 369 g/mol. The van der Waals surface area contributed by atoms with Crippen molar-refractivity contribution in [2.45, 2.75) is 13.3 Å². The lowest BCUT2D eigenvalue weighted by molar-refractivity contribution is 0.102. The van der Waals surface area contributed by atoms with Gasteiger partial charge in [-0.05, 0) is 42.3 Å². The number of anilines is 1. The standard InChI is InChI=1S/C23H19N3O2/c1-2-16-10-6-8-14-19(16)24-23(28)21-22(27)18-13-7-9-15-20(18)26(25-21)17-11-4-3-5-12-17/h3-15H,2H2,1H3,(H,24,28). The molecular formula is C23H19N3O2. The van der Waals surface area contributed by atoms with E-state index in [-0.39, 0.29) is 11.1 Å². The molecule has 0 aliphatic carbocycles. The van der Waals surface area contributed by atoms with Crippen molar-refractivity contribution in [3.63, 3.8) is 0 Å². The van der Waals surface area contributed by atoms with Crippen LogP contribution in [-0.4, -0.2) is 15.7 Å². The highest BCUT2D eigenvalue weighted by molar-refractivity contribution is 6.04. The first-order valence-electron chi connectivity index (χ1n) is 9.16. The van der Waals surface area contributed by atoms with Crippen molar-refractivity contribution in [1.82, 2.24) is 9.78 Å². The predicted octanol–water partition coefficient (Wildman–Crippen LogP) is 4.20. The summed E-state index contributed by atoms with van der Waals surface area (Å²) in [5.74, 6) is -0.513. The molecule has 0 radical (unpaired) electrons. The van der Waals surface area contributed by atoms with Gasteiger partial charge in [-0.25, -0.2) is 4.68 Å². The minimum atomic E-state index is -0.513. The van der Waals surface area contributed by atoms with Crippen LogP contribution < -0.4 is 10.7 Å². The number of amides is 1. The Labute approximate surface area is 162 Å². The van der Waals surface area contributed by atoms with Gasteiger partial charge in [-0.2, -0.15) is 5.10 Å². The largest absolute Gasteiger partial charge is 0.320 e. The van der Waals surface area contributed by atoms with Crippen molar-refractivity contribution >= 4 is 22.5 Å². The quantitative estimate of drug-likeness (QED) is 0.586. The summed E-state index contributed by atoms with van der Waals surface area (Å²) in [6.07, 6.45) is 0.774. The second-order valence-corrected chi connectivity index (χ2v) is 6.41. The molecule has 0 aliphatic heterocycles. The number of hydrogen-bond acceptors (Lipinski definition) is 3. The van der Waals surface area contributed by atoms with Crippen LogP contribution in [0.4, 0.5) is 5.69 Å². The van der Waals surface area contributed by atoms with Gasteiger partial charge in [0.1, 0.15) is 0 Å². The highest BCUT2D eigenvalue weighted by Crippen LogP contribution is 2.18. The fraction of sp³-hybridized carbons (Fsp3) is 0.0870. The molecule has 0 saturated heterocycles. The molecule has 1 aromatic heterocycles. The van der Waals surface area contributed by atoms with E-state index in [1.165, 1.54) is 0 Å². The van der Waals surface area contributed by atoms with E-state index in [4.69, 9.17) is 0 Å². The maximum Gasteiger partial charge on any atom is 0.280 e. The van der Waals surface area contributed by atoms with Gasteiger partial charge in [0.15, 0.2) is 5.69 Å². The van der Waals surface area contributed by atoms with Gasteiger partial charge in [-0.3, -0.25) is 9.59 Å². The highest BCUT2D eigenvalue weighted by atomic mass is 16.2. The van der Waals surface area contributed by atoms with E-state index >= 15 is 0 Å². The number of fused-ring (bicyclic) bond motifs is 1. The zero-order valence-electron chi connectivity index (χ0n) is 15.4. The van der Waals surface area contributed by atoms with E-state index < -0.39 is 5.91 Å². The minimum Gasteiger partial charge on any atom is -0.320 e. The Kier molecular flexibility index (Phi) is 4.72. The number of carbonyl (C=O) groups is 1. The van der Waals surface area contributed by atoms with E-state index in [0.29, 0.717) is 16.6 Å². The molecule has 0 bridgehead atoms. The van der Waals surface area contributed by atoms with Crippen LogP contribution in [0.15, 0.2) is 83.7 Å². The average Bonchev–Trinajstić information content (AvgIpc) is 2.75. The van der Waals surface area contributed by atoms with Crippen LogP contribution in [0, 0.1) is 0 Å². The highest BCUT2D eigenvalue weighted by Gasteiger charge is 2.18. The van der Waals surface area contributed by atoms with Gasteiger partial charge in [-0.1, -0.05) is 55.5 Å². The molecule has 138 valence electrons. The second kappa shape index (κ2) is 7.48. The summed E-state index contributed by atoms with van der Waals surface area (Å²) >= 11 is 0. The molecule has 0 saturated carbocycles. The third-order valence-corrected chi connectivity index (χ3v) is 4.65. The van der Waals surface area contributed by atoms with Gasteiger partial charge in [0.2, 0.25) is 5.43 Å². The van der Waals surface area contributed by atoms with Crippen molar-refractivity contribution < 1.29 is 4.79 Å². The molecule has 0 fully saturated rings. The molecule has 0 spiro atoms. The summed E-state index contributed by atoms with van der Waals surface area (Å²) < 4.78 is 1.64. The zero-order chi connectivity index (χ0) is 19.5. The number of para-hydroxylation sites is 3. The zero-order valence-corrected chi connectivity index (χ0v) is 15.4. The molecule has 3 aromatic carbocycles. The first-order chi connectivity index (χ1) is 13.7. The summed E-state index contributed by atoms with van der Waals surface area (Å²) in [5.41, 5.74) is 2.62. The lowest BCUT2D eigenvalue weighted by atomic mass is 10.1. The van der Waals surface area contributed by atoms with Gasteiger partial charge in [0, 0.05) is 5.69 Å². The number of aromatic nitrogens is 2. The normalized spacial score (nSPS) is 10.8. The van der Waals surface area contributed by atoms with Crippen molar-refractivity contribution in [2.24, 2.45) is 0 Å². The van der Waals surface area contributed by atoms with Crippen LogP contribution in [0.2, 0.25) is 0 Å². The smallest absolute Gasteiger partial charge is 0.280 e. The molecule has 4 rings (SSSR count). The number of nitrogens with one attached hydrogen (secondary N) is 1. The van der Waals surface area contributed by atoms with E-state index in [9.17, 15) is 9.59 Å². The Bertz CT molecular complexity index is 1210. The molecule has 1 heterocycles. The maximum atomic E-state index is 13.0. The van der Waals surface area contributed by atoms with E-state index in [1.807, 2.05) is 73.7 Å². The number of benzene rings is 3. The molecule has 4 aromatic rings. The Hall–Kier alpha value is -3.73. The van der Waals surface area contributed by atoms with Crippen LogP contribution in [0.1, 0.15) is 23.0 Å². The van der Waals surface area contributed by atoms with Gasteiger partial charge >= 0.3 is 0 Å². The van der Waals surface area contributed by atoms with Gasteiger partial charge in [0.05, 0.1) is 16.6 Å². The molecule has 0 aliphatic rings. The third kappa shape index (κ3) is 3.18. The lowest BCUT2D eigenvalue weighted by Gasteiger charge is -2.13. The first kappa shape index (κ1) is 17.7. The van der Waals surface area contributed by atoms with Crippen molar-refractivity contribution in [3.8, 4) is 5.69 Å². The SMILES string of the molecule is CCc1ccccc1NC(=O)c1nn(-c2ccccc2)c2ccccc2c1=O. The molecule has 0 atom stereocenters.